The van der Waals surface area contributed by atoms with Crippen molar-refractivity contribution in [2.24, 2.45) is 4.99 Å². The molecule has 0 spiro atoms. The number of likely N-dealkylation sites (tertiary alicyclic amines) is 1. The van der Waals surface area contributed by atoms with E-state index in [1.807, 2.05) is 13.1 Å². The Morgan fingerprint density at radius 1 is 0.966 bits per heavy atom. The van der Waals surface area contributed by atoms with Crippen molar-refractivity contribution in [2.45, 2.75) is 58.4 Å². The zero-order valence-corrected chi connectivity index (χ0v) is 18.3. The second kappa shape index (κ2) is 11.8. The Hall–Kier alpha value is -2.08. The number of unbranched alkanes of at least 4 members (excludes halogenated alkanes) is 2. The molecule has 1 aliphatic rings. The van der Waals surface area contributed by atoms with Crippen LogP contribution < -0.4 is 10.6 Å². The molecule has 0 radical (unpaired) electrons. The van der Waals surface area contributed by atoms with Gasteiger partial charge in [0, 0.05) is 26.7 Å². The van der Waals surface area contributed by atoms with Gasteiger partial charge in [0.05, 0.1) is 11.0 Å². The molecule has 29 heavy (non-hydrogen) atoms. The average Bonchev–Trinajstić information content (AvgIpc) is 3.07. The van der Waals surface area contributed by atoms with Crippen molar-refractivity contribution < 1.29 is 0 Å². The fraction of sp³-hybridized carbons (Fsp3) is 0.652. The number of piperidine rings is 1. The van der Waals surface area contributed by atoms with E-state index >= 15 is 0 Å². The standard InChI is InChI=1S/C23H38N6/c1-20-27-21-12-5-6-13-22(21)29(20)19-11-15-26-23(24-2)25-14-7-3-8-16-28-17-9-4-10-18-28/h5-6,12-13H,3-4,7-11,14-19H2,1-2H3,(H2,24,25,26). The third-order valence-corrected chi connectivity index (χ3v) is 5.81. The van der Waals surface area contributed by atoms with Crippen LogP contribution in [0.1, 0.15) is 50.8 Å². The molecule has 6 heteroatoms. The number of aromatic nitrogens is 2. The van der Waals surface area contributed by atoms with Crippen molar-refractivity contribution in [3.8, 4) is 0 Å². The molecule has 6 nitrogen and oxygen atoms in total. The van der Waals surface area contributed by atoms with Gasteiger partial charge >= 0.3 is 0 Å². The smallest absolute Gasteiger partial charge is 0.190 e. The lowest BCUT2D eigenvalue weighted by Gasteiger charge is -2.26. The van der Waals surface area contributed by atoms with Crippen LogP contribution in [0.25, 0.3) is 11.0 Å². The highest BCUT2D eigenvalue weighted by atomic mass is 15.2. The number of nitrogens with zero attached hydrogens (tertiary/aromatic N) is 4. The first-order chi connectivity index (χ1) is 14.3. The Kier molecular flexibility index (Phi) is 8.81. The van der Waals surface area contributed by atoms with Crippen molar-refractivity contribution in [1.82, 2.24) is 25.1 Å². The summed E-state index contributed by atoms with van der Waals surface area (Å²) in [6.45, 7) is 8.83. The van der Waals surface area contributed by atoms with Crippen LogP contribution in [0.3, 0.4) is 0 Å². The van der Waals surface area contributed by atoms with Gasteiger partial charge in [0.25, 0.3) is 0 Å². The molecule has 0 atom stereocenters. The molecule has 1 saturated heterocycles. The number of aryl methyl sites for hydroxylation is 2. The largest absolute Gasteiger partial charge is 0.356 e. The van der Waals surface area contributed by atoms with Crippen molar-refractivity contribution in [2.75, 3.05) is 39.8 Å². The molecular weight excluding hydrogens is 360 g/mol. The highest BCUT2D eigenvalue weighted by Gasteiger charge is 2.09. The number of hydrogen-bond donors (Lipinski definition) is 2. The molecule has 0 unspecified atom stereocenters. The minimum absolute atomic E-state index is 0.903. The summed E-state index contributed by atoms with van der Waals surface area (Å²) in [5.41, 5.74) is 2.30. The fourth-order valence-corrected chi connectivity index (χ4v) is 4.17. The number of guanidine groups is 1. The minimum atomic E-state index is 0.903. The Labute approximate surface area is 175 Å². The molecule has 160 valence electrons. The molecule has 1 aliphatic heterocycles. The van der Waals surface area contributed by atoms with Gasteiger partial charge in [-0.05, 0) is 70.8 Å². The van der Waals surface area contributed by atoms with Gasteiger partial charge in [-0.1, -0.05) is 25.0 Å². The van der Waals surface area contributed by atoms with E-state index in [-0.39, 0.29) is 0 Å². The molecule has 3 rings (SSSR count). The van der Waals surface area contributed by atoms with E-state index in [1.165, 1.54) is 63.7 Å². The summed E-state index contributed by atoms with van der Waals surface area (Å²) < 4.78 is 2.30. The van der Waals surface area contributed by atoms with Gasteiger partial charge in [-0.25, -0.2) is 4.98 Å². The van der Waals surface area contributed by atoms with Gasteiger partial charge in [0.15, 0.2) is 5.96 Å². The molecule has 0 amide bonds. The molecule has 2 heterocycles. The lowest BCUT2D eigenvalue weighted by Crippen LogP contribution is -2.38. The van der Waals surface area contributed by atoms with E-state index in [4.69, 9.17) is 0 Å². The maximum absolute atomic E-state index is 4.64. The van der Waals surface area contributed by atoms with Crippen LogP contribution in [0.4, 0.5) is 0 Å². The van der Waals surface area contributed by atoms with Gasteiger partial charge in [0.1, 0.15) is 5.82 Å². The van der Waals surface area contributed by atoms with Crippen LogP contribution in [0.15, 0.2) is 29.3 Å². The zero-order chi connectivity index (χ0) is 20.3. The molecule has 2 N–H and O–H groups in total. The first-order valence-corrected chi connectivity index (χ1v) is 11.4. The van der Waals surface area contributed by atoms with Gasteiger partial charge in [0.2, 0.25) is 0 Å². The second-order valence-electron chi connectivity index (χ2n) is 8.04. The van der Waals surface area contributed by atoms with Crippen LogP contribution >= 0.6 is 0 Å². The summed E-state index contributed by atoms with van der Waals surface area (Å²) in [5.74, 6) is 1.99. The molecule has 1 fully saturated rings. The predicted molar refractivity (Wildman–Crippen MR) is 123 cm³/mol. The Morgan fingerprint density at radius 2 is 1.72 bits per heavy atom. The van der Waals surface area contributed by atoms with Crippen LogP contribution in [0.5, 0.6) is 0 Å². The predicted octanol–water partition coefficient (Wildman–Crippen LogP) is 3.56. The minimum Gasteiger partial charge on any atom is -0.356 e. The molecule has 1 aromatic carbocycles. The van der Waals surface area contributed by atoms with Crippen LogP contribution in [0, 0.1) is 6.92 Å². The normalized spacial score (nSPS) is 15.7. The number of rotatable bonds is 10. The number of hydrogen-bond acceptors (Lipinski definition) is 3. The number of aliphatic imine (C=N–C) groups is 1. The summed E-state index contributed by atoms with van der Waals surface area (Å²) in [5, 5.41) is 6.89. The number of para-hydroxylation sites is 2. The van der Waals surface area contributed by atoms with Gasteiger partial charge < -0.3 is 20.1 Å². The lowest BCUT2D eigenvalue weighted by atomic mass is 10.1. The fourth-order valence-electron chi connectivity index (χ4n) is 4.17. The summed E-state index contributed by atoms with van der Waals surface area (Å²) >= 11 is 0. The molecule has 1 aromatic heterocycles. The van der Waals surface area contributed by atoms with Gasteiger partial charge in [-0.2, -0.15) is 0 Å². The lowest BCUT2D eigenvalue weighted by molar-refractivity contribution is 0.224. The van der Waals surface area contributed by atoms with Crippen molar-refractivity contribution in [3.63, 3.8) is 0 Å². The van der Waals surface area contributed by atoms with Gasteiger partial charge in [-0.15, -0.1) is 0 Å². The van der Waals surface area contributed by atoms with E-state index < -0.39 is 0 Å². The maximum atomic E-state index is 4.64. The van der Waals surface area contributed by atoms with E-state index in [0.29, 0.717) is 0 Å². The topological polar surface area (TPSA) is 57.5 Å². The molecule has 0 saturated carbocycles. The Morgan fingerprint density at radius 3 is 2.52 bits per heavy atom. The number of imidazole rings is 1. The van der Waals surface area contributed by atoms with E-state index in [0.717, 1.165) is 43.4 Å². The van der Waals surface area contributed by atoms with Crippen LogP contribution in [-0.2, 0) is 6.54 Å². The van der Waals surface area contributed by atoms with Gasteiger partial charge in [-0.3, -0.25) is 4.99 Å². The number of fused-ring (bicyclic) bond motifs is 1. The molecule has 0 bridgehead atoms. The first kappa shape index (κ1) is 21.6. The maximum Gasteiger partial charge on any atom is 0.190 e. The molecule has 2 aromatic rings. The van der Waals surface area contributed by atoms with Crippen molar-refractivity contribution >= 4 is 17.0 Å². The summed E-state index contributed by atoms with van der Waals surface area (Å²) in [6.07, 6.45) is 9.04. The third-order valence-electron chi connectivity index (χ3n) is 5.81. The monoisotopic (exact) mass is 398 g/mol. The van der Waals surface area contributed by atoms with Crippen molar-refractivity contribution in [1.29, 1.82) is 0 Å². The third kappa shape index (κ3) is 6.74. The average molecular weight is 399 g/mol. The number of benzene rings is 1. The Bertz CT molecular complexity index is 760. The quantitative estimate of drug-likeness (QED) is 0.365. The second-order valence-corrected chi connectivity index (χ2v) is 8.04. The summed E-state index contributed by atoms with van der Waals surface area (Å²) in [4.78, 5) is 11.6. The van der Waals surface area contributed by atoms with Crippen LogP contribution in [-0.4, -0.2) is 60.2 Å². The zero-order valence-electron chi connectivity index (χ0n) is 18.3. The first-order valence-electron chi connectivity index (χ1n) is 11.4. The van der Waals surface area contributed by atoms with E-state index in [1.54, 1.807) is 0 Å². The summed E-state index contributed by atoms with van der Waals surface area (Å²) in [6, 6.07) is 8.35. The number of nitrogens with one attached hydrogen (secondary N) is 2. The van der Waals surface area contributed by atoms with Crippen molar-refractivity contribution in [3.05, 3.63) is 30.1 Å². The highest BCUT2D eigenvalue weighted by Crippen LogP contribution is 2.15. The van der Waals surface area contributed by atoms with Crippen LogP contribution in [0.2, 0.25) is 0 Å². The van der Waals surface area contributed by atoms with E-state index in [9.17, 15) is 0 Å². The van der Waals surface area contributed by atoms with E-state index in [2.05, 4.69) is 55.2 Å². The SMILES string of the molecule is CN=C(NCCCCCN1CCCCC1)NCCCn1c(C)nc2ccccc21. The molecule has 0 aliphatic carbocycles. The summed E-state index contributed by atoms with van der Waals surface area (Å²) in [7, 11) is 1.85. The molecular formula is C23H38N6. The highest BCUT2D eigenvalue weighted by molar-refractivity contribution is 5.79. The Balaban J connectivity index is 1.27.